The maximum Gasteiger partial charge on any atom is 0.338 e. The molecule has 1 aromatic heterocycles. The maximum absolute atomic E-state index is 11.7. The normalized spacial score (nSPS) is 18.3. The molecule has 2 aliphatic heterocycles. The molecule has 9 nitrogen and oxygen atoms in total. The van der Waals surface area contributed by atoms with E-state index in [4.69, 9.17) is 14.7 Å². The zero-order chi connectivity index (χ0) is 23.5. The van der Waals surface area contributed by atoms with Gasteiger partial charge >= 0.3 is 5.97 Å². The van der Waals surface area contributed by atoms with Crippen LogP contribution in [0.2, 0.25) is 0 Å². The summed E-state index contributed by atoms with van der Waals surface area (Å²) in [6, 6.07) is 8.82. The molecule has 2 atom stereocenters. The SMILES string of the molecule is COc1nc(C(O)CN2CCN(C[C@H](O)c3ccc4c(c3C)COC4=O)CC2)ccc1C#N. The fourth-order valence-corrected chi connectivity index (χ4v) is 4.45. The van der Waals surface area contributed by atoms with E-state index < -0.39 is 12.2 Å². The van der Waals surface area contributed by atoms with Crippen molar-refractivity contribution in [2.24, 2.45) is 0 Å². The van der Waals surface area contributed by atoms with Crippen LogP contribution in [0.5, 0.6) is 5.88 Å². The molecular weight excluding hydrogens is 424 g/mol. The van der Waals surface area contributed by atoms with Gasteiger partial charge in [0.2, 0.25) is 5.88 Å². The summed E-state index contributed by atoms with van der Waals surface area (Å²) in [4.78, 5) is 20.3. The van der Waals surface area contributed by atoms with E-state index in [9.17, 15) is 15.0 Å². The summed E-state index contributed by atoms with van der Waals surface area (Å²) in [5, 5.41) is 30.5. The van der Waals surface area contributed by atoms with Gasteiger partial charge in [-0.3, -0.25) is 9.80 Å². The summed E-state index contributed by atoms with van der Waals surface area (Å²) in [5.74, 6) is -0.0901. The van der Waals surface area contributed by atoms with Gasteiger partial charge in [0, 0.05) is 44.8 Å². The van der Waals surface area contributed by atoms with Crippen LogP contribution in [0.25, 0.3) is 0 Å². The highest BCUT2D eigenvalue weighted by Gasteiger charge is 2.27. The first kappa shape index (κ1) is 23.1. The van der Waals surface area contributed by atoms with Crippen LogP contribution >= 0.6 is 0 Å². The molecule has 1 saturated heterocycles. The van der Waals surface area contributed by atoms with Crippen molar-refractivity contribution in [3.8, 4) is 11.9 Å². The molecule has 0 saturated carbocycles. The van der Waals surface area contributed by atoms with Crippen molar-refractivity contribution in [3.05, 3.63) is 57.8 Å². The maximum atomic E-state index is 11.7. The lowest BCUT2D eigenvalue weighted by molar-refractivity contribution is 0.0469. The lowest BCUT2D eigenvalue weighted by atomic mass is 9.95. The first-order valence-electron chi connectivity index (χ1n) is 11.0. The Morgan fingerprint density at radius 2 is 1.79 bits per heavy atom. The van der Waals surface area contributed by atoms with Crippen LogP contribution in [0.3, 0.4) is 0 Å². The van der Waals surface area contributed by atoms with Crippen molar-refractivity contribution in [2.45, 2.75) is 25.7 Å². The highest BCUT2D eigenvalue weighted by Crippen LogP contribution is 2.29. The third kappa shape index (κ3) is 4.84. The number of hydrogen-bond acceptors (Lipinski definition) is 9. The van der Waals surface area contributed by atoms with Crippen LogP contribution in [0.1, 0.15) is 50.5 Å². The first-order valence-corrected chi connectivity index (χ1v) is 11.0. The fourth-order valence-electron chi connectivity index (χ4n) is 4.45. The van der Waals surface area contributed by atoms with Gasteiger partial charge in [-0.15, -0.1) is 0 Å². The number of carbonyl (C=O) groups excluding carboxylic acids is 1. The van der Waals surface area contributed by atoms with Gasteiger partial charge in [-0.1, -0.05) is 6.07 Å². The van der Waals surface area contributed by atoms with Crippen LogP contribution in [-0.2, 0) is 11.3 Å². The van der Waals surface area contributed by atoms with E-state index in [1.807, 2.05) is 19.1 Å². The molecule has 0 amide bonds. The number of nitrogens with zero attached hydrogens (tertiary/aromatic N) is 4. The summed E-state index contributed by atoms with van der Waals surface area (Å²) in [7, 11) is 1.45. The van der Waals surface area contributed by atoms with E-state index in [1.54, 1.807) is 18.2 Å². The minimum atomic E-state index is -0.789. The molecule has 2 aliphatic rings. The Bertz CT molecular complexity index is 1080. The lowest BCUT2D eigenvalue weighted by Gasteiger charge is -2.36. The molecule has 33 heavy (non-hydrogen) atoms. The number of aliphatic hydroxyl groups is 2. The average molecular weight is 453 g/mol. The number of carbonyl (C=O) groups is 1. The summed E-state index contributed by atoms with van der Waals surface area (Å²) < 4.78 is 10.2. The second-order valence-electron chi connectivity index (χ2n) is 8.42. The Morgan fingerprint density at radius 1 is 1.12 bits per heavy atom. The molecule has 3 heterocycles. The van der Waals surface area contributed by atoms with Crippen LogP contribution in [0.4, 0.5) is 0 Å². The zero-order valence-electron chi connectivity index (χ0n) is 18.8. The monoisotopic (exact) mass is 452 g/mol. The van der Waals surface area contributed by atoms with Crippen LogP contribution in [-0.4, -0.2) is 77.3 Å². The second-order valence-corrected chi connectivity index (χ2v) is 8.42. The first-order chi connectivity index (χ1) is 15.9. The van der Waals surface area contributed by atoms with E-state index in [0.29, 0.717) is 29.9 Å². The number of β-amino-alcohol motifs (C(OH)–C–C–N with tert-alkyl or cyclic N) is 2. The number of piperazine rings is 1. The number of pyridine rings is 1. The Hall–Kier alpha value is -3.03. The number of benzene rings is 1. The third-order valence-corrected chi connectivity index (χ3v) is 6.43. The molecule has 1 aromatic carbocycles. The Labute approximate surface area is 192 Å². The number of rotatable bonds is 7. The number of nitriles is 1. The summed E-state index contributed by atoms with van der Waals surface area (Å²) >= 11 is 0. The Morgan fingerprint density at radius 3 is 2.42 bits per heavy atom. The van der Waals surface area contributed by atoms with E-state index in [-0.39, 0.29) is 18.5 Å². The molecule has 1 fully saturated rings. The quantitative estimate of drug-likeness (QED) is 0.600. The van der Waals surface area contributed by atoms with E-state index in [0.717, 1.165) is 42.9 Å². The predicted octanol–water partition coefficient (Wildman–Crippen LogP) is 1.33. The molecular formula is C24H28N4O5. The van der Waals surface area contributed by atoms with Crippen LogP contribution in [0.15, 0.2) is 24.3 Å². The molecule has 2 aromatic rings. The van der Waals surface area contributed by atoms with Gasteiger partial charge in [-0.05, 0) is 36.2 Å². The minimum Gasteiger partial charge on any atom is -0.480 e. The number of methoxy groups -OCH3 is 1. The number of ether oxygens (including phenoxy) is 2. The zero-order valence-corrected chi connectivity index (χ0v) is 18.8. The van der Waals surface area contributed by atoms with Gasteiger partial charge in [0.25, 0.3) is 0 Å². The van der Waals surface area contributed by atoms with Crippen molar-refractivity contribution in [1.82, 2.24) is 14.8 Å². The molecule has 1 unspecified atom stereocenters. The Balaban J connectivity index is 1.31. The lowest BCUT2D eigenvalue weighted by Crippen LogP contribution is -2.48. The third-order valence-electron chi connectivity index (χ3n) is 6.43. The van der Waals surface area contributed by atoms with Gasteiger partial charge in [0.1, 0.15) is 24.3 Å². The largest absolute Gasteiger partial charge is 0.480 e. The molecule has 0 bridgehead atoms. The van der Waals surface area contributed by atoms with Gasteiger partial charge in [0.05, 0.1) is 24.5 Å². The summed E-state index contributed by atoms with van der Waals surface area (Å²) in [5.41, 5.74) is 3.99. The summed E-state index contributed by atoms with van der Waals surface area (Å²) in [6.45, 7) is 6.15. The molecule has 9 heteroatoms. The fraction of sp³-hybridized carbons (Fsp3) is 0.458. The molecule has 0 radical (unpaired) electrons. The van der Waals surface area contributed by atoms with Gasteiger partial charge in [0.15, 0.2) is 0 Å². The molecule has 2 N–H and O–H groups in total. The highest BCUT2D eigenvalue weighted by molar-refractivity contribution is 5.93. The van der Waals surface area contributed by atoms with Gasteiger partial charge < -0.3 is 19.7 Å². The number of fused-ring (bicyclic) bond motifs is 1. The molecule has 4 rings (SSSR count). The predicted molar refractivity (Wildman–Crippen MR) is 119 cm³/mol. The van der Waals surface area contributed by atoms with Crippen LogP contribution in [0, 0.1) is 18.3 Å². The van der Waals surface area contributed by atoms with E-state index in [1.165, 1.54) is 7.11 Å². The number of aromatic nitrogens is 1. The van der Waals surface area contributed by atoms with Crippen LogP contribution < -0.4 is 4.74 Å². The minimum absolute atomic E-state index is 0.214. The average Bonchev–Trinajstić information content (AvgIpc) is 3.21. The van der Waals surface area contributed by atoms with Gasteiger partial charge in [-0.25, -0.2) is 9.78 Å². The number of esters is 1. The number of cyclic esters (lactones) is 1. The Kier molecular flexibility index (Phi) is 6.91. The van der Waals surface area contributed by atoms with Crippen molar-refractivity contribution in [2.75, 3.05) is 46.4 Å². The van der Waals surface area contributed by atoms with Gasteiger partial charge in [-0.2, -0.15) is 5.26 Å². The van der Waals surface area contributed by atoms with Crippen molar-refractivity contribution in [1.29, 1.82) is 5.26 Å². The van der Waals surface area contributed by atoms with E-state index >= 15 is 0 Å². The van der Waals surface area contributed by atoms with Crippen molar-refractivity contribution < 1.29 is 24.5 Å². The second kappa shape index (κ2) is 9.85. The standard InChI is InChI=1S/C24H28N4O5/c1-15-17(4-5-18-19(15)14-33-24(18)31)21(29)12-27-7-9-28(10-8-27)13-22(30)20-6-3-16(11-25)23(26-20)32-2/h3-6,21-22,29-30H,7-10,12-14H2,1-2H3/t21-,22?/m0/s1. The van der Waals surface area contributed by atoms with Crippen molar-refractivity contribution >= 4 is 5.97 Å². The summed E-state index contributed by atoms with van der Waals surface area (Å²) in [6.07, 6.45) is -1.44. The smallest absolute Gasteiger partial charge is 0.338 e. The van der Waals surface area contributed by atoms with Crippen molar-refractivity contribution in [3.63, 3.8) is 0 Å². The molecule has 174 valence electrons. The number of hydrogen-bond donors (Lipinski definition) is 2. The topological polar surface area (TPSA) is 119 Å². The highest BCUT2D eigenvalue weighted by atomic mass is 16.5. The molecule has 0 spiro atoms. The van der Waals surface area contributed by atoms with E-state index in [2.05, 4.69) is 14.8 Å². The molecule has 0 aliphatic carbocycles. The number of aliphatic hydroxyl groups excluding tert-OH is 2.